The molecule has 0 saturated carbocycles. The number of nitrogens with one attached hydrogen (secondary N) is 2. The highest BCUT2D eigenvalue weighted by Gasteiger charge is 2.23. The third-order valence-corrected chi connectivity index (χ3v) is 7.65. The number of hydrogen-bond donors (Lipinski definition) is 2. The van der Waals surface area contributed by atoms with Gasteiger partial charge in [-0.3, -0.25) is 9.59 Å². The van der Waals surface area contributed by atoms with Gasteiger partial charge < -0.3 is 19.9 Å². The normalized spacial score (nSPS) is 11.5. The minimum atomic E-state index is -0.641. The summed E-state index contributed by atoms with van der Waals surface area (Å²) in [4.78, 5) is 30.3. The lowest BCUT2D eigenvalue weighted by Gasteiger charge is -2.18. The van der Waals surface area contributed by atoms with Gasteiger partial charge in [-0.25, -0.2) is 9.37 Å². The quantitative estimate of drug-likeness (QED) is 0.213. The number of aromatic nitrogens is 2. The number of carbonyl (C=O) groups excluding carboxylic acids is 2. The molecule has 11 heteroatoms. The first-order valence-corrected chi connectivity index (χ1v) is 14.1. The van der Waals surface area contributed by atoms with Gasteiger partial charge in [0.05, 0.1) is 33.2 Å². The SMILES string of the molecule is CCOc1cc2c(cc1C(=O)Nc1ccc(Cl)c(F)c1)nc(Cc1c(Cl)ccc(CNC(=O)C(C)(C)C)c1Cl)n2C. The van der Waals surface area contributed by atoms with Crippen molar-refractivity contribution >= 4 is 63.3 Å². The van der Waals surface area contributed by atoms with Gasteiger partial charge in [0, 0.05) is 42.2 Å². The number of nitrogens with zero attached hydrogens (tertiary/aromatic N) is 2. The van der Waals surface area contributed by atoms with Gasteiger partial charge in [-0.1, -0.05) is 61.6 Å². The Morgan fingerprint density at radius 3 is 2.41 bits per heavy atom. The standard InChI is InChI=1S/C30H30Cl3FN4O3/c1-6-41-25-14-24-23(12-19(25)28(39)36-17-8-10-21(32)22(34)11-17)37-26(38(24)5)13-18-20(31)9-7-16(27(18)33)15-35-29(40)30(2,3)4/h7-12,14H,6,13,15H2,1-5H3,(H,35,40)(H,36,39). The second-order valence-electron chi connectivity index (χ2n) is 10.5. The van der Waals surface area contributed by atoms with E-state index in [0.29, 0.717) is 45.7 Å². The van der Waals surface area contributed by atoms with Crippen LogP contribution in [0.5, 0.6) is 5.75 Å². The molecule has 1 aromatic heterocycles. The Morgan fingerprint density at radius 2 is 1.76 bits per heavy atom. The molecule has 0 aliphatic rings. The summed E-state index contributed by atoms with van der Waals surface area (Å²) in [6.45, 7) is 7.92. The first kappa shape index (κ1) is 30.6. The summed E-state index contributed by atoms with van der Waals surface area (Å²) in [5.41, 5.74) is 2.66. The molecule has 0 spiro atoms. The van der Waals surface area contributed by atoms with Gasteiger partial charge in [0.1, 0.15) is 17.4 Å². The van der Waals surface area contributed by atoms with Gasteiger partial charge >= 0.3 is 0 Å². The Morgan fingerprint density at radius 1 is 1.05 bits per heavy atom. The molecule has 1 heterocycles. The van der Waals surface area contributed by atoms with Crippen molar-refractivity contribution in [3.63, 3.8) is 0 Å². The van der Waals surface area contributed by atoms with E-state index in [9.17, 15) is 14.0 Å². The Balaban J connectivity index is 1.66. The Kier molecular flexibility index (Phi) is 9.16. The smallest absolute Gasteiger partial charge is 0.259 e. The first-order chi connectivity index (χ1) is 19.3. The lowest BCUT2D eigenvalue weighted by molar-refractivity contribution is -0.128. The number of rotatable bonds is 8. The number of halogens is 4. The fourth-order valence-corrected chi connectivity index (χ4v) is 4.88. The summed E-state index contributed by atoms with van der Waals surface area (Å²) < 4.78 is 21.6. The van der Waals surface area contributed by atoms with Crippen molar-refractivity contribution in [2.75, 3.05) is 11.9 Å². The largest absolute Gasteiger partial charge is 0.493 e. The van der Waals surface area contributed by atoms with Crippen molar-refractivity contribution in [1.82, 2.24) is 14.9 Å². The van der Waals surface area contributed by atoms with Crippen LogP contribution in [-0.2, 0) is 24.8 Å². The topological polar surface area (TPSA) is 85.2 Å². The predicted octanol–water partition coefficient (Wildman–Crippen LogP) is 7.58. The number of amides is 2. The molecule has 41 heavy (non-hydrogen) atoms. The molecule has 4 rings (SSSR count). The van der Waals surface area contributed by atoms with Crippen molar-refractivity contribution in [2.24, 2.45) is 12.5 Å². The molecule has 0 atom stereocenters. The highest BCUT2D eigenvalue weighted by atomic mass is 35.5. The van der Waals surface area contributed by atoms with Crippen LogP contribution in [0.15, 0.2) is 42.5 Å². The van der Waals surface area contributed by atoms with Gasteiger partial charge in [-0.15, -0.1) is 0 Å². The number of ether oxygens (including phenoxy) is 1. The lowest BCUT2D eigenvalue weighted by Crippen LogP contribution is -2.34. The van der Waals surface area contributed by atoms with Crippen molar-refractivity contribution < 1.29 is 18.7 Å². The van der Waals surface area contributed by atoms with Crippen LogP contribution in [0.4, 0.5) is 10.1 Å². The van der Waals surface area contributed by atoms with E-state index in [1.54, 1.807) is 24.3 Å². The van der Waals surface area contributed by atoms with Gasteiger partial charge in [-0.2, -0.15) is 0 Å². The van der Waals surface area contributed by atoms with Crippen molar-refractivity contribution in [2.45, 2.75) is 40.7 Å². The highest BCUT2D eigenvalue weighted by Crippen LogP contribution is 2.33. The summed E-state index contributed by atoms with van der Waals surface area (Å²) in [5, 5.41) is 6.48. The van der Waals surface area contributed by atoms with E-state index in [4.69, 9.17) is 44.5 Å². The summed E-state index contributed by atoms with van der Waals surface area (Å²) in [5.74, 6) is -0.210. The van der Waals surface area contributed by atoms with E-state index in [0.717, 1.165) is 17.1 Å². The minimum Gasteiger partial charge on any atom is -0.493 e. The molecule has 0 aliphatic heterocycles. The number of anilines is 1. The molecule has 0 saturated heterocycles. The van der Waals surface area contributed by atoms with Crippen LogP contribution in [0, 0.1) is 11.2 Å². The maximum Gasteiger partial charge on any atom is 0.259 e. The van der Waals surface area contributed by atoms with Crippen molar-refractivity contribution in [1.29, 1.82) is 0 Å². The van der Waals surface area contributed by atoms with Crippen LogP contribution in [0.2, 0.25) is 15.1 Å². The first-order valence-electron chi connectivity index (χ1n) is 12.9. The van der Waals surface area contributed by atoms with E-state index in [-0.39, 0.29) is 28.7 Å². The zero-order valence-corrected chi connectivity index (χ0v) is 25.6. The zero-order chi connectivity index (χ0) is 30.1. The summed E-state index contributed by atoms with van der Waals surface area (Å²) in [7, 11) is 1.85. The van der Waals surface area contributed by atoms with Gasteiger partial charge in [-0.05, 0) is 48.4 Å². The molecule has 0 radical (unpaired) electrons. The molecule has 7 nitrogen and oxygen atoms in total. The van der Waals surface area contributed by atoms with Crippen LogP contribution in [0.3, 0.4) is 0 Å². The van der Waals surface area contributed by atoms with E-state index in [1.807, 2.05) is 39.3 Å². The summed E-state index contributed by atoms with van der Waals surface area (Å²) >= 11 is 19.1. The van der Waals surface area contributed by atoms with Crippen LogP contribution in [-0.4, -0.2) is 28.0 Å². The van der Waals surface area contributed by atoms with E-state index < -0.39 is 17.1 Å². The molecule has 0 bridgehead atoms. The monoisotopic (exact) mass is 618 g/mol. The molecule has 4 aromatic rings. The molecule has 0 unspecified atom stereocenters. The molecule has 3 aromatic carbocycles. The average molecular weight is 620 g/mol. The van der Waals surface area contributed by atoms with Crippen LogP contribution < -0.4 is 15.4 Å². The number of benzene rings is 3. The second kappa shape index (κ2) is 12.3. The Hall–Kier alpha value is -3.33. The number of aryl methyl sites for hydroxylation is 1. The number of hydrogen-bond acceptors (Lipinski definition) is 4. The summed E-state index contributed by atoms with van der Waals surface area (Å²) in [6.07, 6.45) is 0.305. The maximum atomic E-state index is 13.9. The molecule has 0 fully saturated rings. The number of fused-ring (bicyclic) bond motifs is 1. The number of imidazole rings is 1. The molecule has 0 aliphatic carbocycles. The van der Waals surface area contributed by atoms with Crippen LogP contribution in [0.25, 0.3) is 11.0 Å². The molecular weight excluding hydrogens is 590 g/mol. The minimum absolute atomic E-state index is 0.0409. The lowest BCUT2D eigenvalue weighted by atomic mass is 9.95. The molecule has 2 amide bonds. The van der Waals surface area contributed by atoms with Crippen LogP contribution >= 0.6 is 34.8 Å². The fourth-order valence-electron chi connectivity index (χ4n) is 4.20. The maximum absolute atomic E-state index is 13.9. The van der Waals surface area contributed by atoms with Crippen molar-refractivity contribution in [3.05, 3.63) is 85.9 Å². The van der Waals surface area contributed by atoms with Gasteiger partial charge in [0.2, 0.25) is 5.91 Å². The molecular formula is C30H30Cl3FN4O3. The zero-order valence-electron chi connectivity index (χ0n) is 23.3. The molecule has 216 valence electrons. The third-order valence-electron chi connectivity index (χ3n) is 6.52. The number of carbonyl (C=O) groups is 2. The molecule has 2 N–H and O–H groups in total. The third kappa shape index (κ3) is 6.77. The summed E-state index contributed by atoms with van der Waals surface area (Å²) in [6, 6.07) is 10.9. The van der Waals surface area contributed by atoms with E-state index in [1.165, 1.54) is 12.1 Å². The predicted molar refractivity (Wildman–Crippen MR) is 162 cm³/mol. The fraction of sp³-hybridized carbons (Fsp3) is 0.300. The van der Waals surface area contributed by atoms with Gasteiger partial charge in [0.15, 0.2) is 0 Å². The van der Waals surface area contributed by atoms with Crippen LogP contribution in [0.1, 0.15) is 55.0 Å². The van der Waals surface area contributed by atoms with Gasteiger partial charge in [0.25, 0.3) is 5.91 Å². The second-order valence-corrected chi connectivity index (χ2v) is 11.7. The van der Waals surface area contributed by atoms with E-state index >= 15 is 0 Å². The van der Waals surface area contributed by atoms with Crippen molar-refractivity contribution in [3.8, 4) is 5.75 Å². The Bertz CT molecular complexity index is 1650. The average Bonchev–Trinajstić information content (AvgIpc) is 3.21. The van der Waals surface area contributed by atoms with E-state index in [2.05, 4.69) is 10.6 Å². The highest BCUT2D eigenvalue weighted by molar-refractivity contribution is 6.36. The Labute approximate surface area is 252 Å².